The molecule has 5 aromatic carbocycles. The van der Waals surface area contributed by atoms with E-state index in [4.69, 9.17) is 19.9 Å². The van der Waals surface area contributed by atoms with Crippen molar-refractivity contribution >= 4 is 34.1 Å². The third-order valence-electron chi connectivity index (χ3n) is 11.0. The molecule has 0 saturated carbocycles. The predicted molar refractivity (Wildman–Crippen MR) is 242 cm³/mol. The molecule has 0 radical (unpaired) electrons. The highest BCUT2D eigenvalue weighted by Gasteiger charge is 2.30. The van der Waals surface area contributed by atoms with Crippen LogP contribution in [0.4, 0.5) is 9.59 Å². The molecular formula is C48H54N6O8S. The van der Waals surface area contributed by atoms with E-state index in [9.17, 15) is 22.8 Å². The van der Waals surface area contributed by atoms with Gasteiger partial charge in [-0.05, 0) is 96.2 Å². The SMILES string of the molecule is COc1cc(C)c(S(=O)(=O)NC(N)=NCCC[C@H](NC(=O)OCC2c3ccccc3-c3ccccc32)C(=O)NC[C@H](Cc2ccccc2)NC(=O)OCc2ccccc2)c(C)c1C. The van der Waals surface area contributed by atoms with Gasteiger partial charge in [0.05, 0.1) is 18.0 Å². The molecule has 0 aromatic heterocycles. The van der Waals surface area contributed by atoms with Gasteiger partial charge in [0.15, 0.2) is 0 Å². The summed E-state index contributed by atoms with van der Waals surface area (Å²) >= 11 is 0. The molecule has 0 bridgehead atoms. The van der Waals surface area contributed by atoms with Gasteiger partial charge in [-0.15, -0.1) is 0 Å². The Morgan fingerprint density at radius 3 is 1.98 bits per heavy atom. The van der Waals surface area contributed by atoms with Gasteiger partial charge in [0, 0.05) is 19.0 Å². The monoisotopic (exact) mass is 874 g/mol. The number of benzene rings is 5. The zero-order valence-corrected chi connectivity index (χ0v) is 36.7. The van der Waals surface area contributed by atoms with Gasteiger partial charge in [-0.2, -0.15) is 0 Å². The second-order valence-corrected chi connectivity index (χ2v) is 17.0. The number of hydrogen-bond donors (Lipinski definition) is 5. The maximum absolute atomic E-state index is 13.9. The van der Waals surface area contributed by atoms with E-state index in [1.165, 1.54) is 7.11 Å². The summed E-state index contributed by atoms with van der Waals surface area (Å²) < 4.78 is 45.9. The largest absolute Gasteiger partial charge is 0.496 e. The van der Waals surface area contributed by atoms with Gasteiger partial charge in [0.2, 0.25) is 11.9 Å². The van der Waals surface area contributed by atoms with Crippen LogP contribution in [0.5, 0.6) is 5.75 Å². The molecule has 2 atom stereocenters. The lowest BCUT2D eigenvalue weighted by molar-refractivity contribution is -0.123. The third kappa shape index (κ3) is 11.9. The van der Waals surface area contributed by atoms with E-state index < -0.39 is 40.2 Å². The summed E-state index contributed by atoms with van der Waals surface area (Å²) in [5.41, 5.74) is 13.7. The first kappa shape index (κ1) is 45.7. The van der Waals surface area contributed by atoms with Crippen molar-refractivity contribution < 1.29 is 37.0 Å². The lowest BCUT2D eigenvalue weighted by Gasteiger charge is -2.23. The Morgan fingerprint density at radius 2 is 1.35 bits per heavy atom. The number of methoxy groups -OCH3 is 1. The Balaban J connectivity index is 1.13. The Hall–Kier alpha value is -6.87. The van der Waals surface area contributed by atoms with Crippen LogP contribution in [-0.4, -0.2) is 71.4 Å². The van der Waals surface area contributed by atoms with E-state index in [2.05, 4.69) is 25.7 Å². The molecule has 5 aromatic rings. The van der Waals surface area contributed by atoms with E-state index in [-0.39, 0.29) is 55.9 Å². The quantitative estimate of drug-likeness (QED) is 0.0368. The molecule has 1 aliphatic rings. The molecule has 3 amide bonds. The van der Waals surface area contributed by atoms with E-state index in [1.54, 1.807) is 26.8 Å². The van der Waals surface area contributed by atoms with Crippen LogP contribution in [0, 0.1) is 20.8 Å². The summed E-state index contributed by atoms with van der Waals surface area (Å²) in [6, 6.07) is 34.7. The van der Waals surface area contributed by atoms with Crippen molar-refractivity contribution in [1.82, 2.24) is 20.7 Å². The fraction of sp³-hybridized carbons (Fsp3) is 0.292. The van der Waals surface area contributed by atoms with E-state index >= 15 is 0 Å². The molecule has 14 nitrogen and oxygen atoms in total. The Kier molecular flexibility index (Phi) is 15.4. The van der Waals surface area contributed by atoms with E-state index in [1.807, 2.05) is 109 Å². The second kappa shape index (κ2) is 21.3. The zero-order valence-electron chi connectivity index (χ0n) is 35.9. The molecule has 330 valence electrons. The number of ether oxygens (including phenoxy) is 3. The topological polar surface area (TPSA) is 200 Å². The highest BCUT2D eigenvalue weighted by molar-refractivity contribution is 7.90. The Morgan fingerprint density at radius 1 is 0.762 bits per heavy atom. The average Bonchev–Trinajstić information content (AvgIpc) is 3.60. The smallest absolute Gasteiger partial charge is 0.407 e. The van der Waals surface area contributed by atoms with Crippen LogP contribution in [-0.2, 0) is 37.3 Å². The fourth-order valence-corrected chi connectivity index (χ4v) is 9.25. The summed E-state index contributed by atoms with van der Waals surface area (Å²) in [4.78, 5) is 44.7. The number of amides is 3. The van der Waals surface area contributed by atoms with Crippen molar-refractivity contribution in [3.05, 3.63) is 154 Å². The first-order chi connectivity index (χ1) is 30.3. The van der Waals surface area contributed by atoms with Gasteiger partial charge >= 0.3 is 12.2 Å². The molecule has 63 heavy (non-hydrogen) atoms. The van der Waals surface area contributed by atoms with Crippen molar-refractivity contribution in [3.8, 4) is 16.9 Å². The molecule has 0 spiro atoms. The number of nitrogens with zero attached hydrogens (tertiary/aromatic N) is 1. The molecule has 15 heteroatoms. The van der Waals surface area contributed by atoms with Gasteiger partial charge in [0.25, 0.3) is 10.0 Å². The molecule has 0 aliphatic heterocycles. The van der Waals surface area contributed by atoms with Crippen molar-refractivity contribution in [2.24, 2.45) is 10.7 Å². The number of sulfonamides is 1. The number of fused-ring (bicyclic) bond motifs is 3. The predicted octanol–water partition coefficient (Wildman–Crippen LogP) is 6.55. The average molecular weight is 875 g/mol. The van der Waals surface area contributed by atoms with Crippen LogP contribution < -0.4 is 31.1 Å². The summed E-state index contributed by atoms with van der Waals surface area (Å²) in [7, 11) is -2.58. The number of nitrogens with one attached hydrogen (secondary N) is 4. The molecular weight excluding hydrogens is 821 g/mol. The van der Waals surface area contributed by atoms with Gasteiger partial charge in [-0.3, -0.25) is 9.79 Å². The summed E-state index contributed by atoms with van der Waals surface area (Å²) in [5, 5.41) is 8.49. The zero-order chi connectivity index (χ0) is 44.9. The molecule has 0 saturated heterocycles. The van der Waals surface area contributed by atoms with Gasteiger partial charge in [-0.25, -0.2) is 22.7 Å². The van der Waals surface area contributed by atoms with Crippen molar-refractivity contribution in [2.45, 2.75) is 69.5 Å². The molecule has 6 N–H and O–H groups in total. The van der Waals surface area contributed by atoms with Crippen LogP contribution in [0.2, 0.25) is 0 Å². The maximum atomic E-state index is 13.9. The molecule has 0 fully saturated rings. The second-order valence-electron chi connectivity index (χ2n) is 15.3. The number of alkyl carbamates (subject to hydrolysis) is 2. The number of hydrogen-bond acceptors (Lipinski definition) is 9. The number of carbonyl (C=O) groups is 3. The number of nitrogens with two attached hydrogens (primary N) is 1. The first-order valence-corrected chi connectivity index (χ1v) is 22.2. The lowest BCUT2D eigenvalue weighted by atomic mass is 9.98. The molecule has 1 aliphatic carbocycles. The van der Waals surface area contributed by atoms with Gasteiger partial charge in [-0.1, -0.05) is 109 Å². The van der Waals surface area contributed by atoms with Crippen molar-refractivity contribution in [3.63, 3.8) is 0 Å². The number of guanidine groups is 1. The van der Waals surface area contributed by atoms with Gasteiger partial charge < -0.3 is 35.9 Å². The molecule has 6 rings (SSSR count). The number of carbonyl (C=O) groups excluding carboxylic acids is 3. The minimum absolute atomic E-state index is 0.00752. The van der Waals surface area contributed by atoms with Crippen LogP contribution in [0.25, 0.3) is 11.1 Å². The first-order valence-electron chi connectivity index (χ1n) is 20.7. The Bertz CT molecular complexity index is 2490. The molecule has 0 unspecified atom stereocenters. The Labute approximate surface area is 368 Å². The maximum Gasteiger partial charge on any atom is 0.407 e. The number of rotatable bonds is 18. The highest BCUT2D eigenvalue weighted by Crippen LogP contribution is 2.44. The van der Waals surface area contributed by atoms with Crippen LogP contribution in [0.3, 0.4) is 0 Å². The highest BCUT2D eigenvalue weighted by atomic mass is 32.2. The van der Waals surface area contributed by atoms with E-state index in [0.29, 0.717) is 28.9 Å². The van der Waals surface area contributed by atoms with Crippen LogP contribution in [0.1, 0.15) is 57.7 Å². The fourth-order valence-electron chi connectivity index (χ4n) is 7.77. The minimum atomic E-state index is -4.10. The number of aliphatic imine (C=N–C) groups is 1. The third-order valence-corrected chi connectivity index (χ3v) is 12.6. The summed E-state index contributed by atoms with van der Waals surface area (Å²) in [5.74, 6) is -0.487. The van der Waals surface area contributed by atoms with Crippen LogP contribution in [0.15, 0.2) is 125 Å². The van der Waals surface area contributed by atoms with Crippen molar-refractivity contribution in [1.29, 1.82) is 0 Å². The van der Waals surface area contributed by atoms with Crippen molar-refractivity contribution in [2.75, 3.05) is 26.8 Å². The lowest BCUT2D eigenvalue weighted by Crippen LogP contribution is -2.51. The summed E-state index contributed by atoms with van der Waals surface area (Å²) in [6.07, 6.45) is -0.754. The number of aryl methyl sites for hydroxylation is 1. The normalized spacial score (nSPS) is 13.2. The minimum Gasteiger partial charge on any atom is -0.496 e. The summed E-state index contributed by atoms with van der Waals surface area (Å²) in [6.45, 7) is 5.27. The standard InChI is InChI=1S/C48H54N6O8S/c1-31-26-43(60-4)32(2)33(3)44(31)63(58,59)54-46(49)50-25-15-24-42(53-48(57)62-30-41-39-22-13-11-20-37(39)38-21-12-14-23-40(38)41)45(55)51-28-36(27-34-16-7-5-8-17-34)52-47(56)61-29-35-18-9-6-10-19-35/h5-14,16-23,26,36,41-42H,15,24-25,27-30H2,1-4H3,(H,51,55)(H,52,56)(H,53,57)(H3,49,50,54)/t36-,42-/m0/s1. The molecule has 0 heterocycles. The van der Waals surface area contributed by atoms with E-state index in [0.717, 1.165) is 33.4 Å². The van der Waals surface area contributed by atoms with Gasteiger partial charge in [0.1, 0.15) is 25.0 Å². The van der Waals surface area contributed by atoms with Crippen LogP contribution >= 0.6 is 0 Å².